The first kappa shape index (κ1) is 16.9. The summed E-state index contributed by atoms with van der Waals surface area (Å²) in [6.45, 7) is 9.10. The van der Waals surface area contributed by atoms with Crippen molar-refractivity contribution in [3.63, 3.8) is 0 Å². The van der Waals surface area contributed by atoms with E-state index in [1.807, 2.05) is 0 Å². The molecule has 88 valence electrons. The summed E-state index contributed by atoms with van der Waals surface area (Å²) in [4.78, 5) is 0. The summed E-state index contributed by atoms with van der Waals surface area (Å²) >= 11 is 0. The highest BCUT2D eigenvalue weighted by Crippen LogP contribution is 2.27. The summed E-state index contributed by atoms with van der Waals surface area (Å²) in [6.07, 6.45) is 2.43. The van der Waals surface area contributed by atoms with E-state index < -0.39 is 0 Å². The fourth-order valence-electron chi connectivity index (χ4n) is 2.53. The SMILES string of the molecule is CNC1CC(C)(C)NC(C)(C)C1.Cl.Cl. The molecular weight excluding hydrogens is 219 g/mol. The van der Waals surface area contributed by atoms with E-state index >= 15 is 0 Å². The molecule has 1 aliphatic heterocycles. The molecule has 0 radical (unpaired) electrons. The molecule has 0 aromatic carbocycles. The molecule has 0 aromatic heterocycles. The maximum Gasteiger partial charge on any atom is 0.0144 e. The van der Waals surface area contributed by atoms with E-state index in [9.17, 15) is 0 Å². The van der Waals surface area contributed by atoms with Crippen LogP contribution in [0.3, 0.4) is 0 Å². The number of rotatable bonds is 1. The first-order valence-electron chi connectivity index (χ1n) is 4.81. The lowest BCUT2D eigenvalue weighted by Crippen LogP contribution is -2.61. The maximum absolute atomic E-state index is 3.66. The third-order valence-electron chi connectivity index (χ3n) is 2.60. The molecule has 1 rings (SSSR count). The van der Waals surface area contributed by atoms with Crippen LogP contribution in [-0.4, -0.2) is 24.2 Å². The van der Waals surface area contributed by atoms with Gasteiger partial charge in [-0.3, -0.25) is 0 Å². The average molecular weight is 243 g/mol. The quantitative estimate of drug-likeness (QED) is 0.738. The van der Waals surface area contributed by atoms with Crippen molar-refractivity contribution >= 4 is 24.8 Å². The number of nitrogens with one attached hydrogen (secondary N) is 2. The Bertz CT molecular complexity index is 154. The summed E-state index contributed by atoms with van der Waals surface area (Å²) in [5.41, 5.74) is 0.546. The Morgan fingerprint density at radius 3 is 1.64 bits per heavy atom. The van der Waals surface area contributed by atoms with Gasteiger partial charge in [0.2, 0.25) is 0 Å². The van der Waals surface area contributed by atoms with E-state index in [2.05, 4.69) is 45.4 Å². The summed E-state index contributed by atoms with van der Waals surface area (Å²) in [7, 11) is 2.06. The number of hydrogen-bond donors (Lipinski definition) is 2. The number of hydrogen-bond acceptors (Lipinski definition) is 2. The zero-order valence-corrected chi connectivity index (χ0v) is 11.4. The minimum absolute atomic E-state index is 0. The fourth-order valence-corrected chi connectivity index (χ4v) is 2.53. The second-order valence-electron chi connectivity index (χ2n) is 5.29. The Kier molecular flexibility index (Phi) is 6.70. The third kappa shape index (κ3) is 4.83. The zero-order valence-electron chi connectivity index (χ0n) is 9.81. The van der Waals surface area contributed by atoms with Gasteiger partial charge in [0.1, 0.15) is 0 Å². The molecule has 4 heteroatoms. The van der Waals surface area contributed by atoms with Gasteiger partial charge < -0.3 is 10.6 Å². The molecule has 0 amide bonds. The van der Waals surface area contributed by atoms with E-state index in [-0.39, 0.29) is 35.9 Å². The van der Waals surface area contributed by atoms with Crippen molar-refractivity contribution in [2.45, 2.75) is 57.7 Å². The summed E-state index contributed by atoms with van der Waals surface area (Å²) in [5, 5.41) is 7.03. The van der Waals surface area contributed by atoms with Crippen molar-refractivity contribution in [2.75, 3.05) is 7.05 Å². The Hall–Kier alpha value is 0.500. The van der Waals surface area contributed by atoms with Gasteiger partial charge >= 0.3 is 0 Å². The lowest BCUT2D eigenvalue weighted by Gasteiger charge is -2.46. The Morgan fingerprint density at radius 1 is 1.00 bits per heavy atom. The van der Waals surface area contributed by atoms with E-state index in [0.717, 1.165) is 0 Å². The van der Waals surface area contributed by atoms with Gasteiger partial charge in [-0.1, -0.05) is 0 Å². The topological polar surface area (TPSA) is 24.1 Å². The second-order valence-corrected chi connectivity index (χ2v) is 5.29. The molecule has 2 N–H and O–H groups in total. The molecule has 1 aliphatic rings. The van der Waals surface area contributed by atoms with Crippen LogP contribution >= 0.6 is 24.8 Å². The maximum atomic E-state index is 3.66. The highest BCUT2D eigenvalue weighted by atomic mass is 35.5. The highest BCUT2D eigenvalue weighted by Gasteiger charge is 2.36. The van der Waals surface area contributed by atoms with Crippen molar-refractivity contribution in [3.8, 4) is 0 Å². The first-order chi connectivity index (χ1) is 5.35. The Morgan fingerprint density at radius 2 is 1.36 bits per heavy atom. The molecule has 0 atom stereocenters. The van der Waals surface area contributed by atoms with Gasteiger partial charge in [0.05, 0.1) is 0 Å². The zero-order chi connectivity index (χ0) is 9.41. The van der Waals surface area contributed by atoms with Gasteiger partial charge in [-0.15, -0.1) is 24.8 Å². The van der Waals surface area contributed by atoms with Gasteiger partial charge in [0.25, 0.3) is 0 Å². The van der Waals surface area contributed by atoms with Crippen molar-refractivity contribution in [1.82, 2.24) is 10.6 Å². The van der Waals surface area contributed by atoms with Crippen LogP contribution in [0.15, 0.2) is 0 Å². The van der Waals surface area contributed by atoms with Crippen LogP contribution in [0.5, 0.6) is 0 Å². The summed E-state index contributed by atoms with van der Waals surface area (Å²) < 4.78 is 0. The van der Waals surface area contributed by atoms with Crippen LogP contribution in [-0.2, 0) is 0 Å². The van der Waals surface area contributed by atoms with Crippen LogP contribution in [0.4, 0.5) is 0 Å². The van der Waals surface area contributed by atoms with Crippen LogP contribution in [0, 0.1) is 0 Å². The molecular formula is C10H24Cl2N2. The monoisotopic (exact) mass is 242 g/mol. The van der Waals surface area contributed by atoms with Crippen molar-refractivity contribution in [1.29, 1.82) is 0 Å². The lowest BCUT2D eigenvalue weighted by atomic mass is 9.80. The molecule has 2 nitrogen and oxygen atoms in total. The van der Waals surface area contributed by atoms with E-state index in [0.29, 0.717) is 6.04 Å². The van der Waals surface area contributed by atoms with Crippen molar-refractivity contribution in [2.24, 2.45) is 0 Å². The van der Waals surface area contributed by atoms with Crippen LogP contribution in [0.1, 0.15) is 40.5 Å². The van der Waals surface area contributed by atoms with E-state index in [4.69, 9.17) is 0 Å². The molecule has 14 heavy (non-hydrogen) atoms. The van der Waals surface area contributed by atoms with Gasteiger partial charge in [-0.05, 0) is 47.6 Å². The molecule has 0 saturated carbocycles. The molecule has 0 spiro atoms. The van der Waals surface area contributed by atoms with Crippen molar-refractivity contribution in [3.05, 3.63) is 0 Å². The smallest absolute Gasteiger partial charge is 0.0144 e. The molecule has 0 aromatic rings. The fraction of sp³-hybridized carbons (Fsp3) is 1.00. The molecule has 1 saturated heterocycles. The van der Waals surface area contributed by atoms with Gasteiger partial charge in [0.15, 0.2) is 0 Å². The highest BCUT2D eigenvalue weighted by molar-refractivity contribution is 5.85. The molecule has 0 unspecified atom stereocenters. The molecule has 0 aliphatic carbocycles. The van der Waals surface area contributed by atoms with E-state index in [1.54, 1.807) is 0 Å². The lowest BCUT2D eigenvalue weighted by molar-refractivity contribution is 0.150. The second kappa shape index (κ2) is 5.55. The molecule has 1 fully saturated rings. The predicted molar refractivity (Wildman–Crippen MR) is 67.9 cm³/mol. The number of halogens is 2. The summed E-state index contributed by atoms with van der Waals surface area (Å²) in [6, 6.07) is 0.663. The van der Waals surface area contributed by atoms with Gasteiger partial charge in [-0.25, -0.2) is 0 Å². The minimum Gasteiger partial charge on any atom is -0.317 e. The number of piperidine rings is 1. The first-order valence-corrected chi connectivity index (χ1v) is 4.81. The standard InChI is InChI=1S/C10H22N2.2ClH/c1-9(2)6-8(11-5)7-10(3,4)12-9;;/h8,11-12H,6-7H2,1-5H3;2*1H. The molecule has 0 bridgehead atoms. The third-order valence-corrected chi connectivity index (χ3v) is 2.60. The minimum atomic E-state index is 0. The Labute approximate surface area is 100 Å². The van der Waals surface area contributed by atoms with Crippen LogP contribution in [0.2, 0.25) is 0 Å². The molecule has 1 heterocycles. The predicted octanol–water partition coefficient (Wildman–Crippen LogP) is 2.36. The van der Waals surface area contributed by atoms with Crippen molar-refractivity contribution < 1.29 is 0 Å². The van der Waals surface area contributed by atoms with Crippen LogP contribution < -0.4 is 10.6 Å². The normalized spacial score (nSPS) is 24.6. The van der Waals surface area contributed by atoms with E-state index in [1.165, 1.54) is 12.8 Å². The summed E-state index contributed by atoms with van der Waals surface area (Å²) in [5.74, 6) is 0. The van der Waals surface area contributed by atoms with Gasteiger partial charge in [-0.2, -0.15) is 0 Å². The van der Waals surface area contributed by atoms with Crippen LogP contribution in [0.25, 0.3) is 0 Å². The largest absolute Gasteiger partial charge is 0.317 e. The Balaban J connectivity index is 0. The van der Waals surface area contributed by atoms with Gasteiger partial charge in [0, 0.05) is 17.1 Å². The average Bonchev–Trinajstić information content (AvgIpc) is 1.80.